The lowest BCUT2D eigenvalue weighted by atomic mass is 9.81. The van der Waals surface area contributed by atoms with Crippen molar-refractivity contribution < 1.29 is 4.52 Å². The Morgan fingerprint density at radius 1 is 1.42 bits per heavy atom. The normalized spacial score (nSPS) is 17.6. The van der Waals surface area contributed by atoms with Crippen molar-refractivity contribution in [1.82, 2.24) is 5.16 Å². The van der Waals surface area contributed by atoms with E-state index in [0.717, 1.165) is 42.0 Å². The Morgan fingerprint density at radius 3 is 3.05 bits per heavy atom. The van der Waals surface area contributed by atoms with E-state index >= 15 is 0 Å². The molecule has 1 aromatic heterocycles. The minimum absolute atomic E-state index is 0.359. The number of fused-ring (bicyclic) bond motifs is 1. The van der Waals surface area contributed by atoms with Gasteiger partial charge in [0.05, 0.1) is 17.3 Å². The number of rotatable bonds is 2. The highest BCUT2D eigenvalue weighted by Crippen LogP contribution is 2.36. The number of nitriles is 1. The van der Waals surface area contributed by atoms with Gasteiger partial charge in [-0.25, -0.2) is 0 Å². The zero-order chi connectivity index (χ0) is 13.2. The largest absolute Gasteiger partial charge is 0.357 e. The van der Waals surface area contributed by atoms with E-state index in [-0.39, 0.29) is 0 Å². The number of aromatic nitrogens is 1. The van der Waals surface area contributed by atoms with Crippen LogP contribution < -0.4 is 5.32 Å². The van der Waals surface area contributed by atoms with Crippen LogP contribution in [-0.4, -0.2) is 12.2 Å². The highest BCUT2D eigenvalue weighted by molar-refractivity contribution is 5.47. The van der Waals surface area contributed by atoms with Crippen molar-refractivity contribution in [2.24, 2.45) is 0 Å². The lowest BCUT2D eigenvalue weighted by Gasteiger charge is -2.22. The second kappa shape index (κ2) is 4.77. The van der Waals surface area contributed by atoms with Crippen LogP contribution in [0.3, 0.4) is 0 Å². The Labute approximate surface area is 112 Å². The van der Waals surface area contributed by atoms with Crippen LogP contribution in [0.1, 0.15) is 34.7 Å². The molecule has 0 spiro atoms. The fraction of sp³-hybridized carbons (Fsp3) is 0.333. The van der Waals surface area contributed by atoms with Crippen molar-refractivity contribution in [2.75, 3.05) is 12.4 Å². The second-order valence-electron chi connectivity index (χ2n) is 4.83. The maximum absolute atomic E-state index is 9.19. The van der Waals surface area contributed by atoms with Crippen LogP contribution in [0.25, 0.3) is 0 Å². The van der Waals surface area contributed by atoms with Crippen molar-refractivity contribution in [2.45, 2.75) is 25.2 Å². The van der Waals surface area contributed by atoms with E-state index in [4.69, 9.17) is 4.52 Å². The van der Waals surface area contributed by atoms with Gasteiger partial charge in [0.1, 0.15) is 0 Å². The Bertz CT molecular complexity index is 639. The minimum atomic E-state index is 0.359. The Hall–Kier alpha value is -2.28. The number of nitrogens with one attached hydrogen (secondary N) is 1. The molecule has 2 aromatic rings. The molecule has 1 heterocycles. The smallest absolute Gasteiger partial charge is 0.227 e. The summed E-state index contributed by atoms with van der Waals surface area (Å²) in [5.41, 5.74) is 4.11. The van der Waals surface area contributed by atoms with E-state index in [0.29, 0.717) is 5.92 Å². The first-order valence-electron chi connectivity index (χ1n) is 6.47. The Kier molecular flexibility index (Phi) is 2.96. The Balaban J connectivity index is 1.92. The van der Waals surface area contributed by atoms with Gasteiger partial charge < -0.3 is 9.84 Å². The zero-order valence-electron chi connectivity index (χ0n) is 10.8. The summed E-state index contributed by atoms with van der Waals surface area (Å²) in [6.45, 7) is 0. The van der Waals surface area contributed by atoms with Crippen LogP contribution >= 0.6 is 0 Å². The maximum atomic E-state index is 9.19. The predicted molar refractivity (Wildman–Crippen MR) is 72.0 cm³/mol. The maximum Gasteiger partial charge on any atom is 0.227 e. The second-order valence-corrected chi connectivity index (χ2v) is 4.83. The van der Waals surface area contributed by atoms with Crippen LogP contribution in [0.4, 0.5) is 5.88 Å². The zero-order valence-corrected chi connectivity index (χ0v) is 10.8. The van der Waals surface area contributed by atoms with Crippen LogP contribution in [0, 0.1) is 11.3 Å². The molecule has 96 valence electrons. The van der Waals surface area contributed by atoms with Crippen LogP contribution in [0.2, 0.25) is 0 Å². The van der Waals surface area contributed by atoms with Crippen molar-refractivity contribution in [1.29, 1.82) is 5.26 Å². The highest BCUT2D eigenvalue weighted by Gasteiger charge is 2.27. The number of hydrogen-bond donors (Lipinski definition) is 1. The highest BCUT2D eigenvalue weighted by atomic mass is 16.5. The van der Waals surface area contributed by atoms with Gasteiger partial charge in [-0.3, -0.25) is 0 Å². The van der Waals surface area contributed by atoms with Crippen molar-refractivity contribution in [3.8, 4) is 6.07 Å². The quantitative estimate of drug-likeness (QED) is 0.894. The Morgan fingerprint density at radius 2 is 2.26 bits per heavy atom. The molecule has 1 aliphatic carbocycles. The standard InChI is InChI=1S/C15H15N3O/c1-17-15-13-7-6-10(8-14(13)18-19-15)12-5-3-2-4-11(12)9-16/h2-5,10,17H,6-8H2,1H3. The number of hydrogen-bond acceptors (Lipinski definition) is 4. The van der Waals surface area contributed by atoms with E-state index in [1.807, 2.05) is 31.3 Å². The molecule has 3 rings (SSSR count). The monoisotopic (exact) mass is 253 g/mol. The summed E-state index contributed by atoms with van der Waals surface area (Å²) >= 11 is 0. The van der Waals surface area contributed by atoms with Crippen molar-refractivity contribution in [3.05, 3.63) is 46.6 Å². The van der Waals surface area contributed by atoms with E-state index in [1.54, 1.807) is 0 Å². The fourth-order valence-corrected chi connectivity index (χ4v) is 2.83. The van der Waals surface area contributed by atoms with Gasteiger partial charge in [0.2, 0.25) is 5.88 Å². The molecule has 0 radical (unpaired) electrons. The van der Waals surface area contributed by atoms with Gasteiger partial charge >= 0.3 is 0 Å². The minimum Gasteiger partial charge on any atom is -0.357 e. The summed E-state index contributed by atoms with van der Waals surface area (Å²) in [4.78, 5) is 0. The molecular formula is C15H15N3O. The molecule has 4 nitrogen and oxygen atoms in total. The molecule has 19 heavy (non-hydrogen) atoms. The first-order valence-corrected chi connectivity index (χ1v) is 6.47. The third kappa shape index (κ3) is 1.97. The van der Waals surface area contributed by atoms with E-state index in [2.05, 4.69) is 16.5 Å². The van der Waals surface area contributed by atoms with Gasteiger partial charge in [0, 0.05) is 19.0 Å². The predicted octanol–water partition coefficient (Wildman–Crippen LogP) is 2.86. The van der Waals surface area contributed by atoms with Crippen LogP contribution in [-0.2, 0) is 12.8 Å². The molecule has 0 saturated carbocycles. The number of nitrogens with zero attached hydrogens (tertiary/aromatic N) is 2. The summed E-state index contributed by atoms with van der Waals surface area (Å²) in [5.74, 6) is 1.14. The van der Waals surface area contributed by atoms with Gasteiger partial charge in [-0.2, -0.15) is 5.26 Å². The fourth-order valence-electron chi connectivity index (χ4n) is 2.83. The van der Waals surface area contributed by atoms with Gasteiger partial charge in [-0.1, -0.05) is 23.4 Å². The first kappa shape index (κ1) is 11.8. The molecule has 0 amide bonds. The summed E-state index contributed by atoms with van der Waals surface area (Å²) < 4.78 is 5.28. The molecule has 4 heteroatoms. The molecule has 1 aliphatic rings. The summed E-state index contributed by atoms with van der Waals surface area (Å²) in [6, 6.07) is 10.1. The van der Waals surface area contributed by atoms with Gasteiger partial charge in [-0.05, 0) is 30.4 Å². The third-order valence-corrected chi connectivity index (χ3v) is 3.80. The summed E-state index contributed by atoms with van der Waals surface area (Å²) in [6.07, 6.45) is 2.82. The van der Waals surface area contributed by atoms with Crippen LogP contribution in [0.5, 0.6) is 0 Å². The van der Waals surface area contributed by atoms with Crippen LogP contribution in [0.15, 0.2) is 28.8 Å². The molecule has 0 saturated heterocycles. The number of anilines is 1. The summed E-state index contributed by atoms with van der Waals surface area (Å²) in [7, 11) is 1.85. The van der Waals surface area contributed by atoms with Crippen molar-refractivity contribution >= 4 is 5.88 Å². The van der Waals surface area contributed by atoms with Crippen molar-refractivity contribution in [3.63, 3.8) is 0 Å². The lowest BCUT2D eigenvalue weighted by molar-refractivity contribution is 0.422. The number of benzene rings is 1. The van der Waals surface area contributed by atoms with E-state index in [1.165, 1.54) is 5.56 Å². The third-order valence-electron chi connectivity index (χ3n) is 3.80. The summed E-state index contributed by atoms with van der Waals surface area (Å²) in [5, 5.41) is 16.4. The molecule has 1 N–H and O–H groups in total. The SMILES string of the molecule is CNc1onc2c1CCC(c1ccccc1C#N)C2. The molecule has 0 bridgehead atoms. The molecule has 0 fully saturated rings. The lowest BCUT2D eigenvalue weighted by Crippen LogP contribution is -2.14. The average molecular weight is 253 g/mol. The molecule has 1 unspecified atom stereocenters. The van der Waals surface area contributed by atoms with E-state index < -0.39 is 0 Å². The average Bonchev–Trinajstić information content (AvgIpc) is 2.89. The molecule has 1 atom stereocenters. The molecule has 1 aromatic carbocycles. The topological polar surface area (TPSA) is 61.9 Å². The van der Waals surface area contributed by atoms with Gasteiger partial charge in [0.15, 0.2) is 0 Å². The van der Waals surface area contributed by atoms with Gasteiger partial charge in [0.25, 0.3) is 0 Å². The first-order chi connectivity index (χ1) is 9.33. The van der Waals surface area contributed by atoms with Gasteiger partial charge in [-0.15, -0.1) is 0 Å². The molecular weight excluding hydrogens is 238 g/mol. The molecule has 0 aliphatic heterocycles. The van der Waals surface area contributed by atoms with E-state index in [9.17, 15) is 5.26 Å².